The van der Waals surface area contributed by atoms with Gasteiger partial charge in [-0.15, -0.1) is 0 Å². The molecule has 6 nitrogen and oxygen atoms in total. The molecule has 4 aromatic rings. The van der Waals surface area contributed by atoms with E-state index in [2.05, 4.69) is 20.3 Å². The monoisotopic (exact) mass is 416 g/mol. The van der Waals surface area contributed by atoms with Crippen molar-refractivity contribution in [1.82, 2.24) is 15.0 Å². The lowest BCUT2D eigenvalue weighted by Gasteiger charge is -2.09. The van der Waals surface area contributed by atoms with E-state index in [-0.39, 0.29) is 5.91 Å². The molecular weight excluding hydrogens is 396 g/mol. The molecule has 2 heterocycles. The molecule has 150 valence electrons. The van der Waals surface area contributed by atoms with Gasteiger partial charge in [-0.3, -0.25) is 4.79 Å². The van der Waals surface area contributed by atoms with Crippen LogP contribution >= 0.6 is 11.8 Å². The highest BCUT2D eigenvalue weighted by molar-refractivity contribution is 7.99. The Kier molecular flexibility index (Phi) is 6.20. The molecule has 0 spiro atoms. The van der Waals surface area contributed by atoms with Crippen LogP contribution < -0.4 is 5.32 Å². The van der Waals surface area contributed by atoms with Gasteiger partial charge in [0, 0.05) is 41.4 Å². The first-order valence-corrected chi connectivity index (χ1v) is 10.3. The largest absolute Gasteiger partial charge is 0.441 e. The van der Waals surface area contributed by atoms with Crippen LogP contribution in [0.3, 0.4) is 0 Å². The van der Waals surface area contributed by atoms with E-state index < -0.39 is 0 Å². The van der Waals surface area contributed by atoms with Crippen molar-refractivity contribution in [2.45, 2.75) is 29.8 Å². The van der Waals surface area contributed by atoms with Gasteiger partial charge >= 0.3 is 0 Å². The predicted molar refractivity (Wildman–Crippen MR) is 116 cm³/mol. The van der Waals surface area contributed by atoms with Crippen LogP contribution in [0.2, 0.25) is 0 Å². The fourth-order valence-electron chi connectivity index (χ4n) is 2.88. The lowest BCUT2D eigenvalue weighted by atomic mass is 10.2. The molecule has 2 aromatic heterocycles. The van der Waals surface area contributed by atoms with E-state index >= 15 is 0 Å². The maximum absolute atomic E-state index is 12.4. The van der Waals surface area contributed by atoms with E-state index in [1.807, 2.05) is 55.5 Å². The van der Waals surface area contributed by atoms with Crippen molar-refractivity contribution in [3.05, 3.63) is 84.6 Å². The number of carbonyl (C=O) groups excluding carboxylic acids is 1. The third-order valence-electron chi connectivity index (χ3n) is 4.40. The van der Waals surface area contributed by atoms with Crippen LogP contribution in [-0.4, -0.2) is 20.9 Å². The zero-order chi connectivity index (χ0) is 20.8. The van der Waals surface area contributed by atoms with Crippen molar-refractivity contribution in [2.24, 2.45) is 0 Å². The topological polar surface area (TPSA) is 80.9 Å². The minimum absolute atomic E-state index is 0.0793. The summed E-state index contributed by atoms with van der Waals surface area (Å²) in [5.74, 6) is 1.18. The van der Waals surface area contributed by atoms with Gasteiger partial charge < -0.3 is 9.73 Å². The van der Waals surface area contributed by atoms with Crippen molar-refractivity contribution >= 4 is 23.4 Å². The number of carbonyl (C=O) groups is 1. The van der Waals surface area contributed by atoms with E-state index in [4.69, 9.17) is 4.42 Å². The van der Waals surface area contributed by atoms with Crippen LogP contribution in [0.25, 0.3) is 11.3 Å². The molecule has 0 saturated carbocycles. The number of aryl methyl sites for hydroxylation is 2. The zero-order valence-electron chi connectivity index (χ0n) is 16.4. The van der Waals surface area contributed by atoms with E-state index in [1.54, 1.807) is 24.7 Å². The molecule has 0 fully saturated rings. The fraction of sp³-hybridized carbons (Fsp3) is 0.130. The average molecular weight is 417 g/mol. The van der Waals surface area contributed by atoms with Crippen LogP contribution in [-0.2, 0) is 11.2 Å². The quantitative estimate of drug-likeness (QED) is 0.419. The maximum Gasteiger partial charge on any atom is 0.224 e. The first kappa shape index (κ1) is 19.8. The van der Waals surface area contributed by atoms with Crippen molar-refractivity contribution < 1.29 is 9.21 Å². The summed E-state index contributed by atoms with van der Waals surface area (Å²) in [6, 6.07) is 17.4. The summed E-state index contributed by atoms with van der Waals surface area (Å²) in [5, 5.41) is 3.65. The molecule has 7 heteroatoms. The Bertz CT molecular complexity index is 1130. The van der Waals surface area contributed by atoms with Gasteiger partial charge in [0.1, 0.15) is 0 Å². The highest BCUT2D eigenvalue weighted by atomic mass is 32.2. The highest BCUT2D eigenvalue weighted by Crippen LogP contribution is 2.28. The first-order valence-electron chi connectivity index (χ1n) is 9.53. The van der Waals surface area contributed by atoms with Gasteiger partial charge in [-0.25, -0.2) is 15.0 Å². The first-order chi connectivity index (χ1) is 14.7. The molecule has 0 radical (unpaired) electrons. The molecule has 0 aliphatic rings. The summed E-state index contributed by atoms with van der Waals surface area (Å²) in [7, 11) is 0. The zero-order valence-corrected chi connectivity index (χ0v) is 17.2. The fourth-order valence-corrected chi connectivity index (χ4v) is 3.69. The van der Waals surface area contributed by atoms with Crippen molar-refractivity contribution in [1.29, 1.82) is 0 Å². The van der Waals surface area contributed by atoms with E-state index in [1.165, 1.54) is 11.8 Å². The summed E-state index contributed by atoms with van der Waals surface area (Å²) < 4.78 is 5.76. The van der Waals surface area contributed by atoms with Crippen molar-refractivity contribution in [3.8, 4) is 11.3 Å². The Morgan fingerprint density at radius 2 is 1.83 bits per heavy atom. The van der Waals surface area contributed by atoms with Crippen LogP contribution in [0, 0.1) is 6.92 Å². The minimum atomic E-state index is -0.0793. The number of aromatic nitrogens is 3. The summed E-state index contributed by atoms with van der Waals surface area (Å²) in [4.78, 5) is 26.1. The number of benzene rings is 2. The average Bonchev–Trinajstić information content (AvgIpc) is 3.25. The molecule has 0 atom stereocenters. The minimum Gasteiger partial charge on any atom is -0.441 e. The molecule has 1 N–H and O–H groups in total. The molecule has 0 aliphatic heterocycles. The molecule has 4 rings (SSSR count). The van der Waals surface area contributed by atoms with Crippen LogP contribution in [0.4, 0.5) is 5.69 Å². The Morgan fingerprint density at radius 3 is 2.60 bits per heavy atom. The van der Waals surface area contributed by atoms with Crippen LogP contribution in [0.15, 0.2) is 87.7 Å². The Morgan fingerprint density at radius 1 is 1.03 bits per heavy atom. The molecule has 0 aliphatic carbocycles. The molecular formula is C23H20N4O2S. The normalized spacial score (nSPS) is 10.7. The third-order valence-corrected chi connectivity index (χ3v) is 5.28. The summed E-state index contributed by atoms with van der Waals surface area (Å²) in [6.07, 6.45) is 5.86. The second-order valence-corrected chi connectivity index (χ2v) is 7.68. The van der Waals surface area contributed by atoms with Gasteiger partial charge in [0.25, 0.3) is 0 Å². The van der Waals surface area contributed by atoms with E-state index in [0.717, 1.165) is 21.7 Å². The lowest BCUT2D eigenvalue weighted by molar-refractivity contribution is -0.116. The van der Waals surface area contributed by atoms with E-state index in [9.17, 15) is 4.79 Å². The smallest absolute Gasteiger partial charge is 0.224 e. The number of anilines is 1. The highest BCUT2D eigenvalue weighted by Gasteiger charge is 2.11. The molecule has 30 heavy (non-hydrogen) atoms. The van der Waals surface area contributed by atoms with Gasteiger partial charge in [0.2, 0.25) is 5.91 Å². The van der Waals surface area contributed by atoms with Crippen LogP contribution in [0.5, 0.6) is 0 Å². The second-order valence-electron chi connectivity index (χ2n) is 6.64. The second kappa shape index (κ2) is 9.37. The maximum atomic E-state index is 12.4. The Hall–Kier alpha value is -3.45. The number of rotatable bonds is 7. The lowest BCUT2D eigenvalue weighted by Crippen LogP contribution is -2.13. The van der Waals surface area contributed by atoms with E-state index in [0.29, 0.717) is 29.6 Å². The summed E-state index contributed by atoms with van der Waals surface area (Å²) in [6.45, 7) is 1.96. The number of amides is 1. The number of nitrogens with one attached hydrogen (secondary N) is 1. The molecule has 1 amide bonds. The Balaban J connectivity index is 1.32. The standard InChI is InChI=1S/C23H20N4O2S/c1-16-14-18(30-23-24-12-5-13-25-23)8-9-19(16)27-21(28)10-11-22-26-15-20(29-22)17-6-3-2-4-7-17/h2-9,12-15H,10-11H2,1H3,(H,27,28). The van der Waals surface area contributed by atoms with Crippen molar-refractivity contribution in [2.75, 3.05) is 5.32 Å². The molecule has 2 aromatic carbocycles. The number of hydrogen-bond acceptors (Lipinski definition) is 6. The third kappa shape index (κ3) is 5.12. The number of oxazole rings is 1. The van der Waals surface area contributed by atoms with Gasteiger partial charge in [0.05, 0.1) is 6.20 Å². The molecule has 0 unspecified atom stereocenters. The van der Waals surface area contributed by atoms with Crippen LogP contribution in [0.1, 0.15) is 17.9 Å². The van der Waals surface area contributed by atoms with Gasteiger partial charge in [0.15, 0.2) is 16.8 Å². The summed E-state index contributed by atoms with van der Waals surface area (Å²) >= 11 is 1.48. The van der Waals surface area contributed by atoms with Crippen molar-refractivity contribution in [3.63, 3.8) is 0 Å². The van der Waals surface area contributed by atoms with Gasteiger partial charge in [-0.1, -0.05) is 30.3 Å². The predicted octanol–water partition coefficient (Wildman–Crippen LogP) is 5.16. The molecule has 0 saturated heterocycles. The van der Waals surface area contributed by atoms with Gasteiger partial charge in [-0.05, 0) is 48.5 Å². The number of nitrogens with zero attached hydrogens (tertiary/aromatic N) is 3. The number of hydrogen-bond donors (Lipinski definition) is 1. The molecule has 0 bridgehead atoms. The summed E-state index contributed by atoms with van der Waals surface area (Å²) in [5.41, 5.74) is 2.73. The SMILES string of the molecule is Cc1cc(Sc2ncccn2)ccc1NC(=O)CCc1ncc(-c2ccccc2)o1. The Labute approximate surface area is 178 Å². The van der Waals surface area contributed by atoms with Gasteiger partial charge in [-0.2, -0.15) is 0 Å².